The van der Waals surface area contributed by atoms with Crippen LogP contribution in [0.25, 0.3) is 21.5 Å². The van der Waals surface area contributed by atoms with Gasteiger partial charge in [-0.25, -0.2) is 9.67 Å². The molecule has 4 rings (SSSR count). The number of hydrogen-bond donors (Lipinski definition) is 0. The summed E-state index contributed by atoms with van der Waals surface area (Å²) in [6.07, 6.45) is 4.51. The van der Waals surface area contributed by atoms with Crippen molar-refractivity contribution in [3.8, 4) is 11.3 Å². The van der Waals surface area contributed by atoms with E-state index in [1.165, 1.54) is 17.5 Å². The summed E-state index contributed by atoms with van der Waals surface area (Å²) >= 11 is 1.65. The zero-order valence-corrected chi connectivity index (χ0v) is 9.89. The van der Waals surface area contributed by atoms with E-state index in [1.807, 2.05) is 28.5 Å². The zero-order chi connectivity index (χ0) is 11.2. The van der Waals surface area contributed by atoms with E-state index in [9.17, 15) is 0 Å². The maximum atomic E-state index is 4.32. The van der Waals surface area contributed by atoms with Crippen molar-refractivity contribution < 1.29 is 0 Å². The van der Waals surface area contributed by atoms with Crippen molar-refractivity contribution >= 4 is 21.6 Å². The molecule has 1 aromatic carbocycles. The summed E-state index contributed by atoms with van der Waals surface area (Å²) in [5.74, 6) is 0. The molecule has 0 atom stereocenters. The smallest absolute Gasteiger partial charge is 0.114 e. The second-order valence-corrected chi connectivity index (χ2v) is 5.18. The molecule has 0 spiro atoms. The van der Waals surface area contributed by atoms with Crippen LogP contribution in [-0.4, -0.2) is 20.0 Å². The monoisotopic (exact) mass is 242 g/mol. The Hall–Kier alpha value is -1.75. The predicted octanol–water partition coefficient (Wildman–Crippen LogP) is 2.89. The molecule has 0 amide bonds. The van der Waals surface area contributed by atoms with E-state index >= 15 is 0 Å². The molecule has 3 aromatic rings. The number of rotatable bonds is 2. The average molecular weight is 242 g/mol. The Morgan fingerprint density at radius 2 is 2.24 bits per heavy atom. The number of hydrogen-bond acceptors (Lipinski definition) is 4. The highest BCUT2D eigenvalue weighted by molar-refractivity contribution is 7.17. The minimum atomic E-state index is 0.580. The van der Waals surface area contributed by atoms with Crippen LogP contribution in [0.5, 0.6) is 0 Å². The lowest BCUT2D eigenvalue weighted by atomic mass is 10.1. The van der Waals surface area contributed by atoms with Crippen molar-refractivity contribution in [3.63, 3.8) is 0 Å². The fraction of sp³-hybridized carbons (Fsp3) is 0.250. The van der Waals surface area contributed by atoms with Crippen LogP contribution in [0.4, 0.5) is 0 Å². The molecular formula is C12H10N4S. The van der Waals surface area contributed by atoms with Gasteiger partial charge in [0.15, 0.2) is 0 Å². The first-order valence-electron chi connectivity index (χ1n) is 5.66. The number of thiazole rings is 1. The average Bonchev–Trinajstić information content (AvgIpc) is 2.93. The molecule has 4 nitrogen and oxygen atoms in total. The van der Waals surface area contributed by atoms with Gasteiger partial charge in [-0.3, -0.25) is 0 Å². The van der Waals surface area contributed by atoms with E-state index in [2.05, 4.69) is 21.4 Å². The van der Waals surface area contributed by atoms with Crippen molar-refractivity contribution in [2.45, 2.75) is 18.9 Å². The molecule has 1 aliphatic carbocycles. The molecule has 84 valence electrons. The van der Waals surface area contributed by atoms with Crippen LogP contribution >= 0.6 is 11.3 Å². The van der Waals surface area contributed by atoms with Gasteiger partial charge < -0.3 is 0 Å². The highest BCUT2D eigenvalue weighted by atomic mass is 32.1. The SMILES string of the molecule is c1cc(-c2cn(C3CC3)nn2)c2scnc2c1. The van der Waals surface area contributed by atoms with E-state index in [4.69, 9.17) is 0 Å². The van der Waals surface area contributed by atoms with Gasteiger partial charge in [-0.2, -0.15) is 0 Å². The van der Waals surface area contributed by atoms with Gasteiger partial charge in [0.25, 0.3) is 0 Å². The van der Waals surface area contributed by atoms with Gasteiger partial charge in [0, 0.05) is 5.56 Å². The van der Waals surface area contributed by atoms with Crippen molar-refractivity contribution in [1.29, 1.82) is 0 Å². The van der Waals surface area contributed by atoms with Gasteiger partial charge >= 0.3 is 0 Å². The lowest BCUT2D eigenvalue weighted by Crippen LogP contribution is -1.92. The van der Waals surface area contributed by atoms with Crippen molar-refractivity contribution in [3.05, 3.63) is 29.9 Å². The van der Waals surface area contributed by atoms with Gasteiger partial charge in [-0.05, 0) is 18.9 Å². The predicted molar refractivity (Wildman–Crippen MR) is 66.9 cm³/mol. The van der Waals surface area contributed by atoms with Crippen LogP contribution in [0.3, 0.4) is 0 Å². The maximum Gasteiger partial charge on any atom is 0.114 e. The minimum Gasteiger partial charge on any atom is -0.249 e. The maximum absolute atomic E-state index is 4.32. The van der Waals surface area contributed by atoms with Gasteiger partial charge in [-0.15, -0.1) is 16.4 Å². The summed E-state index contributed by atoms with van der Waals surface area (Å²) in [7, 11) is 0. The van der Waals surface area contributed by atoms with E-state index in [0.29, 0.717) is 6.04 Å². The largest absolute Gasteiger partial charge is 0.249 e. The molecule has 0 aliphatic heterocycles. The third-order valence-corrected chi connectivity index (χ3v) is 3.94. The van der Waals surface area contributed by atoms with Crippen LogP contribution < -0.4 is 0 Å². The molecule has 0 bridgehead atoms. The summed E-state index contributed by atoms with van der Waals surface area (Å²) < 4.78 is 3.17. The second kappa shape index (κ2) is 3.37. The summed E-state index contributed by atoms with van der Waals surface area (Å²) in [6.45, 7) is 0. The highest BCUT2D eigenvalue weighted by Gasteiger charge is 2.25. The van der Waals surface area contributed by atoms with Crippen LogP contribution in [-0.2, 0) is 0 Å². The van der Waals surface area contributed by atoms with Crippen LogP contribution in [0.1, 0.15) is 18.9 Å². The van der Waals surface area contributed by atoms with Crippen LogP contribution in [0.2, 0.25) is 0 Å². The Kier molecular flexibility index (Phi) is 1.84. The summed E-state index contributed by atoms with van der Waals surface area (Å²) in [6, 6.07) is 6.72. The number of aromatic nitrogens is 4. The highest BCUT2D eigenvalue weighted by Crippen LogP contribution is 2.35. The normalized spacial score (nSPS) is 15.5. The molecular weight excluding hydrogens is 232 g/mol. The Labute approximate surface area is 102 Å². The molecule has 0 radical (unpaired) electrons. The Morgan fingerprint density at radius 1 is 1.29 bits per heavy atom. The quantitative estimate of drug-likeness (QED) is 0.694. The number of benzene rings is 1. The summed E-state index contributed by atoms with van der Waals surface area (Å²) in [4.78, 5) is 4.32. The summed E-state index contributed by atoms with van der Waals surface area (Å²) in [5, 5.41) is 8.47. The Bertz CT molecular complexity index is 680. The molecule has 5 heteroatoms. The van der Waals surface area contributed by atoms with Gasteiger partial charge in [0.05, 0.1) is 28.0 Å². The first-order chi connectivity index (χ1) is 8.42. The second-order valence-electron chi connectivity index (χ2n) is 4.32. The lowest BCUT2D eigenvalue weighted by Gasteiger charge is -1.96. The topological polar surface area (TPSA) is 43.6 Å². The van der Waals surface area contributed by atoms with Gasteiger partial charge in [-0.1, -0.05) is 17.3 Å². The zero-order valence-electron chi connectivity index (χ0n) is 9.08. The Morgan fingerprint density at radius 3 is 3.12 bits per heavy atom. The number of nitrogens with zero attached hydrogens (tertiary/aromatic N) is 4. The van der Waals surface area contributed by atoms with Crippen LogP contribution in [0.15, 0.2) is 29.9 Å². The summed E-state index contributed by atoms with van der Waals surface area (Å²) in [5.41, 5.74) is 5.00. The molecule has 17 heavy (non-hydrogen) atoms. The van der Waals surface area contributed by atoms with Gasteiger partial charge in [0.1, 0.15) is 5.69 Å². The molecule has 0 N–H and O–H groups in total. The molecule has 1 aliphatic rings. The third kappa shape index (κ3) is 1.46. The standard InChI is InChI=1S/C12H10N4S/c1-2-9(12-10(3-1)13-7-17-12)11-6-16(15-14-11)8-4-5-8/h1-3,6-8H,4-5H2. The molecule has 0 unspecified atom stereocenters. The van der Waals surface area contributed by atoms with Crippen molar-refractivity contribution in [1.82, 2.24) is 20.0 Å². The van der Waals surface area contributed by atoms with Gasteiger partial charge in [0.2, 0.25) is 0 Å². The van der Waals surface area contributed by atoms with Crippen LogP contribution in [0, 0.1) is 0 Å². The van der Waals surface area contributed by atoms with Crippen molar-refractivity contribution in [2.75, 3.05) is 0 Å². The third-order valence-electron chi connectivity index (χ3n) is 3.06. The Balaban J connectivity index is 1.88. The first-order valence-corrected chi connectivity index (χ1v) is 6.54. The lowest BCUT2D eigenvalue weighted by molar-refractivity contribution is 0.610. The van der Waals surface area contributed by atoms with E-state index in [-0.39, 0.29) is 0 Å². The molecule has 0 saturated heterocycles. The first kappa shape index (κ1) is 9.30. The fourth-order valence-corrected chi connectivity index (χ4v) is 2.82. The fourth-order valence-electron chi connectivity index (χ4n) is 2.01. The molecule has 1 fully saturated rings. The molecule has 2 heterocycles. The van der Waals surface area contributed by atoms with E-state index in [1.54, 1.807) is 11.3 Å². The molecule has 1 saturated carbocycles. The molecule has 2 aromatic heterocycles. The number of fused-ring (bicyclic) bond motifs is 1. The van der Waals surface area contributed by atoms with E-state index in [0.717, 1.165) is 16.8 Å². The van der Waals surface area contributed by atoms with Crippen molar-refractivity contribution in [2.24, 2.45) is 0 Å². The minimum absolute atomic E-state index is 0.580. The van der Waals surface area contributed by atoms with E-state index < -0.39 is 0 Å².